The number of nitrogens with one attached hydrogen (secondary N) is 1. The molecule has 3 rings (SSSR count). The fraction of sp³-hybridized carbons (Fsp3) is 0.333. The van der Waals surface area contributed by atoms with Gasteiger partial charge in [-0.25, -0.2) is 12.8 Å². The summed E-state index contributed by atoms with van der Waals surface area (Å²) in [5, 5.41) is 2.84. The van der Waals surface area contributed by atoms with Gasteiger partial charge in [0.2, 0.25) is 11.8 Å². The molecule has 40 heavy (non-hydrogen) atoms. The Morgan fingerprint density at radius 2 is 1.55 bits per heavy atom. The standard InChI is InChI=1S/C30H36FN3O5S/c1-5-28(30(36)32-22(3)4)33(20-23-12-14-24(31)15-13-23)29(35)21-34(25-10-8-7-9-11-25)40(37,38)27-18-16-26(17-19-27)39-6-2/h7-19,22,28H,5-6,20-21H2,1-4H3,(H,32,36). The fourth-order valence-corrected chi connectivity index (χ4v) is 5.63. The second-order valence-corrected chi connectivity index (χ2v) is 11.3. The lowest BCUT2D eigenvalue weighted by molar-refractivity contribution is -0.140. The molecule has 0 fully saturated rings. The zero-order valence-electron chi connectivity index (χ0n) is 23.2. The Hall–Kier alpha value is -3.92. The quantitative estimate of drug-likeness (QED) is 0.321. The van der Waals surface area contributed by atoms with Crippen LogP contribution in [-0.2, 0) is 26.2 Å². The van der Waals surface area contributed by atoms with Gasteiger partial charge in [-0.15, -0.1) is 0 Å². The maximum absolute atomic E-state index is 14.0. The maximum Gasteiger partial charge on any atom is 0.264 e. The number of amides is 2. The molecule has 1 atom stereocenters. The monoisotopic (exact) mass is 569 g/mol. The third-order valence-corrected chi connectivity index (χ3v) is 7.92. The van der Waals surface area contributed by atoms with Crippen LogP contribution in [0.15, 0.2) is 83.8 Å². The van der Waals surface area contributed by atoms with E-state index in [1.54, 1.807) is 49.4 Å². The van der Waals surface area contributed by atoms with Gasteiger partial charge in [-0.1, -0.05) is 37.3 Å². The average molecular weight is 570 g/mol. The number of hydrogen-bond acceptors (Lipinski definition) is 5. The van der Waals surface area contributed by atoms with Gasteiger partial charge < -0.3 is 15.0 Å². The van der Waals surface area contributed by atoms with Crippen molar-refractivity contribution in [3.63, 3.8) is 0 Å². The first-order valence-corrected chi connectivity index (χ1v) is 14.7. The van der Waals surface area contributed by atoms with Crippen molar-refractivity contribution in [2.45, 2.75) is 57.6 Å². The van der Waals surface area contributed by atoms with Gasteiger partial charge in [0.25, 0.3) is 10.0 Å². The van der Waals surface area contributed by atoms with Crippen LogP contribution in [0.3, 0.4) is 0 Å². The summed E-state index contributed by atoms with van der Waals surface area (Å²) in [5.41, 5.74) is 0.900. The molecule has 10 heteroatoms. The van der Waals surface area contributed by atoms with E-state index in [1.165, 1.54) is 41.3 Å². The van der Waals surface area contributed by atoms with Crippen LogP contribution < -0.4 is 14.4 Å². The number of benzene rings is 3. The Labute approximate surface area is 235 Å². The van der Waals surface area contributed by atoms with Gasteiger partial charge in [-0.2, -0.15) is 0 Å². The Kier molecular flexibility index (Phi) is 10.7. The number of halogens is 1. The van der Waals surface area contributed by atoms with E-state index in [4.69, 9.17) is 4.74 Å². The average Bonchev–Trinajstić information content (AvgIpc) is 2.93. The van der Waals surface area contributed by atoms with Gasteiger partial charge in [0.1, 0.15) is 24.2 Å². The molecule has 3 aromatic carbocycles. The van der Waals surface area contributed by atoms with Crippen LogP contribution in [0.4, 0.5) is 10.1 Å². The summed E-state index contributed by atoms with van der Waals surface area (Å²) in [7, 11) is -4.18. The number of ether oxygens (including phenoxy) is 1. The summed E-state index contributed by atoms with van der Waals surface area (Å²) >= 11 is 0. The van der Waals surface area contributed by atoms with Crippen molar-refractivity contribution < 1.29 is 27.1 Å². The first-order valence-electron chi connectivity index (χ1n) is 13.2. The summed E-state index contributed by atoms with van der Waals surface area (Å²) < 4.78 is 47.8. The zero-order valence-corrected chi connectivity index (χ0v) is 24.0. The lowest BCUT2D eigenvalue weighted by Gasteiger charge is -2.33. The van der Waals surface area contributed by atoms with Crippen LogP contribution in [0, 0.1) is 5.82 Å². The second-order valence-electron chi connectivity index (χ2n) is 9.49. The lowest BCUT2D eigenvalue weighted by Crippen LogP contribution is -2.53. The number of hydrogen-bond donors (Lipinski definition) is 1. The Morgan fingerprint density at radius 3 is 2.10 bits per heavy atom. The highest BCUT2D eigenvalue weighted by molar-refractivity contribution is 7.92. The topological polar surface area (TPSA) is 96.0 Å². The van der Waals surface area contributed by atoms with Crippen molar-refractivity contribution in [1.82, 2.24) is 10.2 Å². The number of anilines is 1. The molecular formula is C30H36FN3O5S. The number of rotatable bonds is 13. The lowest BCUT2D eigenvalue weighted by atomic mass is 10.1. The van der Waals surface area contributed by atoms with E-state index in [2.05, 4.69) is 5.32 Å². The molecule has 0 aromatic heterocycles. The Balaban J connectivity index is 2.02. The highest BCUT2D eigenvalue weighted by Gasteiger charge is 2.33. The normalized spacial score (nSPS) is 12.1. The minimum absolute atomic E-state index is 0.00509. The maximum atomic E-state index is 14.0. The van der Waals surface area contributed by atoms with Gasteiger partial charge in [-0.05, 0) is 81.3 Å². The number of nitrogens with zero attached hydrogens (tertiary/aromatic N) is 2. The Bertz CT molecular complexity index is 1360. The molecule has 214 valence electrons. The zero-order chi connectivity index (χ0) is 29.3. The first-order chi connectivity index (χ1) is 19.1. The molecule has 3 aromatic rings. The van der Waals surface area contributed by atoms with Crippen molar-refractivity contribution in [2.75, 3.05) is 17.5 Å². The molecule has 1 unspecified atom stereocenters. The molecule has 0 aliphatic carbocycles. The van der Waals surface area contributed by atoms with Crippen molar-refractivity contribution in [2.24, 2.45) is 0 Å². The molecule has 0 aliphatic heterocycles. The van der Waals surface area contributed by atoms with Gasteiger partial charge in [-0.3, -0.25) is 13.9 Å². The summed E-state index contributed by atoms with van der Waals surface area (Å²) in [5.74, 6) is -0.832. The van der Waals surface area contributed by atoms with E-state index in [9.17, 15) is 22.4 Å². The molecule has 0 spiro atoms. The largest absolute Gasteiger partial charge is 0.494 e. The first kappa shape index (κ1) is 30.6. The van der Waals surface area contributed by atoms with Crippen LogP contribution in [0.1, 0.15) is 39.7 Å². The molecule has 0 heterocycles. The van der Waals surface area contributed by atoms with E-state index in [1.807, 2.05) is 20.8 Å². The summed E-state index contributed by atoms with van der Waals surface area (Å²) in [6.07, 6.45) is 0.294. The summed E-state index contributed by atoms with van der Waals surface area (Å²) in [6.45, 7) is 7.12. The highest BCUT2D eigenvalue weighted by atomic mass is 32.2. The van der Waals surface area contributed by atoms with Crippen LogP contribution in [0.25, 0.3) is 0 Å². The molecule has 0 saturated carbocycles. The van der Waals surface area contributed by atoms with Crippen LogP contribution >= 0.6 is 0 Å². The molecular weight excluding hydrogens is 533 g/mol. The number of carbonyl (C=O) groups excluding carboxylic acids is 2. The van der Waals surface area contributed by atoms with E-state index in [0.717, 1.165) is 4.31 Å². The van der Waals surface area contributed by atoms with Crippen LogP contribution in [0.2, 0.25) is 0 Å². The SMILES string of the molecule is CCOc1ccc(S(=O)(=O)N(CC(=O)N(Cc2ccc(F)cc2)C(CC)C(=O)NC(C)C)c2ccccc2)cc1. The highest BCUT2D eigenvalue weighted by Crippen LogP contribution is 2.26. The molecule has 0 radical (unpaired) electrons. The third kappa shape index (κ3) is 7.81. The van der Waals surface area contributed by atoms with Gasteiger partial charge >= 0.3 is 0 Å². The van der Waals surface area contributed by atoms with Gasteiger partial charge in [0.15, 0.2) is 0 Å². The predicted octanol–water partition coefficient (Wildman–Crippen LogP) is 4.75. The molecule has 0 aliphatic rings. The van der Waals surface area contributed by atoms with Crippen molar-refractivity contribution in [3.05, 3.63) is 90.2 Å². The van der Waals surface area contributed by atoms with Crippen LogP contribution in [-0.4, -0.2) is 50.4 Å². The van der Waals surface area contributed by atoms with Gasteiger partial charge in [0, 0.05) is 12.6 Å². The summed E-state index contributed by atoms with van der Waals surface area (Å²) in [4.78, 5) is 28.4. The minimum atomic E-state index is -4.18. The van der Waals surface area contributed by atoms with E-state index >= 15 is 0 Å². The minimum Gasteiger partial charge on any atom is -0.494 e. The third-order valence-electron chi connectivity index (χ3n) is 6.13. The number of carbonyl (C=O) groups is 2. The molecule has 0 bridgehead atoms. The van der Waals surface area contributed by atoms with E-state index in [-0.39, 0.29) is 23.4 Å². The predicted molar refractivity (Wildman–Crippen MR) is 153 cm³/mol. The Morgan fingerprint density at radius 1 is 0.925 bits per heavy atom. The number of sulfonamides is 1. The van der Waals surface area contributed by atoms with Crippen molar-refractivity contribution in [1.29, 1.82) is 0 Å². The molecule has 1 N–H and O–H groups in total. The summed E-state index contributed by atoms with van der Waals surface area (Å²) in [6, 6.07) is 18.9. The molecule has 0 saturated heterocycles. The smallest absolute Gasteiger partial charge is 0.264 e. The van der Waals surface area contributed by atoms with Gasteiger partial charge in [0.05, 0.1) is 17.2 Å². The van der Waals surface area contributed by atoms with E-state index in [0.29, 0.717) is 30.0 Å². The van der Waals surface area contributed by atoms with Crippen molar-refractivity contribution >= 4 is 27.5 Å². The van der Waals surface area contributed by atoms with Crippen molar-refractivity contribution in [3.8, 4) is 5.75 Å². The second kappa shape index (κ2) is 13.9. The number of para-hydroxylation sites is 1. The molecule has 8 nitrogen and oxygen atoms in total. The fourth-order valence-electron chi connectivity index (χ4n) is 4.21. The van der Waals surface area contributed by atoms with Crippen LogP contribution in [0.5, 0.6) is 5.75 Å². The van der Waals surface area contributed by atoms with E-state index < -0.39 is 34.3 Å². The molecule has 2 amide bonds.